The molecule has 1 N–H and O–H groups in total. The first-order valence-corrected chi connectivity index (χ1v) is 6.30. The molecule has 2 nitrogen and oxygen atoms in total. The minimum atomic E-state index is -0.881. The largest absolute Gasteiger partial charge is 0.477 e. The van der Waals surface area contributed by atoms with Crippen LogP contribution in [0.5, 0.6) is 0 Å². The molecule has 0 spiro atoms. The summed E-state index contributed by atoms with van der Waals surface area (Å²) in [6.45, 7) is 6.03. The lowest BCUT2D eigenvalue weighted by atomic mass is 10.2. The van der Waals surface area contributed by atoms with Gasteiger partial charge in [0.25, 0.3) is 0 Å². The molecule has 0 fully saturated rings. The number of aliphatic carboxylic acids is 1. The SMILES string of the molecule is C/C=C\C=C(/I)C(=O)O.Cc1ccc(C)cc1. The van der Waals surface area contributed by atoms with Gasteiger partial charge >= 0.3 is 5.97 Å². The van der Waals surface area contributed by atoms with Crippen LogP contribution in [-0.4, -0.2) is 11.1 Å². The molecule has 92 valence electrons. The summed E-state index contributed by atoms with van der Waals surface area (Å²) in [6.07, 6.45) is 5.01. The second-order valence-electron chi connectivity index (χ2n) is 3.50. The molecule has 0 aromatic heterocycles. The van der Waals surface area contributed by atoms with Gasteiger partial charge < -0.3 is 5.11 Å². The quantitative estimate of drug-likeness (QED) is 0.494. The molecule has 0 amide bonds. The zero-order chi connectivity index (χ0) is 13.3. The second kappa shape index (κ2) is 8.98. The molecule has 0 aliphatic carbocycles. The van der Waals surface area contributed by atoms with Crippen LogP contribution in [0.2, 0.25) is 0 Å². The Morgan fingerprint density at radius 1 is 1.18 bits per heavy atom. The maximum absolute atomic E-state index is 10.1. The van der Waals surface area contributed by atoms with Crippen LogP contribution >= 0.6 is 22.6 Å². The van der Waals surface area contributed by atoms with Crippen LogP contribution in [0, 0.1) is 13.8 Å². The summed E-state index contributed by atoms with van der Waals surface area (Å²) in [5, 5.41) is 8.30. The van der Waals surface area contributed by atoms with E-state index in [0.29, 0.717) is 3.58 Å². The van der Waals surface area contributed by atoms with Gasteiger partial charge in [-0.05, 0) is 49.4 Å². The third-order valence-corrected chi connectivity index (χ3v) is 2.68. The van der Waals surface area contributed by atoms with Crippen LogP contribution in [0.1, 0.15) is 18.1 Å². The first-order valence-electron chi connectivity index (χ1n) is 5.22. The Labute approximate surface area is 116 Å². The molecule has 0 aliphatic heterocycles. The van der Waals surface area contributed by atoms with Crippen LogP contribution in [0.25, 0.3) is 0 Å². The summed E-state index contributed by atoms with van der Waals surface area (Å²) in [7, 11) is 0. The highest BCUT2D eigenvalue weighted by atomic mass is 127. The molecule has 0 bridgehead atoms. The molecule has 0 aliphatic rings. The Bertz CT molecular complexity index is 382. The fraction of sp³-hybridized carbons (Fsp3) is 0.214. The average molecular weight is 344 g/mol. The smallest absolute Gasteiger partial charge is 0.341 e. The van der Waals surface area contributed by atoms with E-state index in [1.807, 2.05) is 6.92 Å². The standard InChI is InChI=1S/C8H10.C6H7IO2/c1-7-3-5-8(2)6-4-7;1-2-3-4-5(7)6(8)9/h3-6H,1-2H3;2-4H,1H3,(H,8,9)/b;3-2-,5-4-. The number of hydrogen-bond acceptors (Lipinski definition) is 1. The molecular formula is C14H17IO2. The van der Waals surface area contributed by atoms with Crippen molar-refractivity contribution in [3.8, 4) is 0 Å². The molecule has 0 saturated heterocycles. The Hall–Kier alpha value is -1.10. The highest BCUT2D eigenvalue weighted by molar-refractivity contribution is 14.1. The average Bonchev–Trinajstić information content (AvgIpc) is 2.30. The molecule has 1 rings (SSSR count). The highest BCUT2D eigenvalue weighted by Crippen LogP contribution is 2.04. The van der Waals surface area contributed by atoms with E-state index in [4.69, 9.17) is 5.11 Å². The molecule has 0 unspecified atom stereocenters. The van der Waals surface area contributed by atoms with Crippen LogP contribution in [0.15, 0.2) is 46.1 Å². The predicted molar refractivity (Wildman–Crippen MR) is 80.5 cm³/mol. The first-order chi connectivity index (χ1) is 7.97. The fourth-order valence-electron chi connectivity index (χ4n) is 0.889. The van der Waals surface area contributed by atoms with Gasteiger partial charge in [0.05, 0.1) is 3.58 Å². The van der Waals surface area contributed by atoms with Gasteiger partial charge in [-0.3, -0.25) is 0 Å². The number of hydrogen-bond donors (Lipinski definition) is 1. The van der Waals surface area contributed by atoms with Crippen molar-refractivity contribution >= 4 is 28.6 Å². The van der Waals surface area contributed by atoms with Crippen molar-refractivity contribution in [2.75, 3.05) is 0 Å². The number of halogens is 1. The van der Waals surface area contributed by atoms with Gasteiger partial charge in [-0.1, -0.05) is 47.5 Å². The molecule has 0 heterocycles. The van der Waals surface area contributed by atoms with E-state index in [9.17, 15) is 4.79 Å². The van der Waals surface area contributed by atoms with E-state index in [0.717, 1.165) is 0 Å². The van der Waals surface area contributed by atoms with E-state index >= 15 is 0 Å². The second-order valence-corrected chi connectivity index (χ2v) is 4.66. The van der Waals surface area contributed by atoms with Gasteiger partial charge in [-0.2, -0.15) is 0 Å². The number of carboxylic acids is 1. The lowest BCUT2D eigenvalue weighted by molar-refractivity contribution is -0.131. The van der Waals surface area contributed by atoms with Crippen molar-refractivity contribution in [1.82, 2.24) is 0 Å². The number of rotatable bonds is 2. The van der Waals surface area contributed by atoms with Gasteiger partial charge in [0.2, 0.25) is 0 Å². The fourth-order valence-corrected chi connectivity index (χ4v) is 1.10. The number of carbonyl (C=O) groups is 1. The minimum Gasteiger partial charge on any atom is -0.477 e. The van der Waals surface area contributed by atoms with E-state index < -0.39 is 5.97 Å². The molecule has 0 atom stereocenters. The summed E-state index contributed by atoms with van der Waals surface area (Å²) < 4.78 is 0.325. The van der Waals surface area contributed by atoms with E-state index in [1.54, 1.807) is 40.8 Å². The van der Waals surface area contributed by atoms with Gasteiger partial charge in [0.1, 0.15) is 0 Å². The molecule has 17 heavy (non-hydrogen) atoms. The molecule has 1 aromatic carbocycles. The lowest BCUT2D eigenvalue weighted by Crippen LogP contribution is -1.91. The Morgan fingerprint density at radius 2 is 1.59 bits per heavy atom. The lowest BCUT2D eigenvalue weighted by Gasteiger charge is -1.90. The maximum Gasteiger partial charge on any atom is 0.341 e. The zero-order valence-corrected chi connectivity index (χ0v) is 12.4. The van der Waals surface area contributed by atoms with Crippen molar-refractivity contribution in [2.45, 2.75) is 20.8 Å². The van der Waals surface area contributed by atoms with Gasteiger partial charge in [-0.15, -0.1) is 0 Å². The molecule has 1 aromatic rings. The first kappa shape index (κ1) is 15.9. The summed E-state index contributed by atoms with van der Waals surface area (Å²) in [5.41, 5.74) is 2.66. The molecule has 0 saturated carbocycles. The topological polar surface area (TPSA) is 37.3 Å². The van der Waals surface area contributed by atoms with Crippen molar-refractivity contribution in [1.29, 1.82) is 0 Å². The van der Waals surface area contributed by atoms with Gasteiger partial charge in [0.15, 0.2) is 0 Å². The number of aryl methyl sites for hydroxylation is 2. The number of benzene rings is 1. The molecule has 0 radical (unpaired) electrons. The predicted octanol–water partition coefficient (Wildman–Crippen LogP) is 4.27. The highest BCUT2D eigenvalue weighted by Gasteiger charge is 1.97. The summed E-state index contributed by atoms with van der Waals surface area (Å²) >= 11 is 1.77. The van der Waals surface area contributed by atoms with Crippen LogP contribution in [0.4, 0.5) is 0 Å². The van der Waals surface area contributed by atoms with Gasteiger partial charge in [0, 0.05) is 0 Å². The number of allylic oxidation sites excluding steroid dienone is 3. The Morgan fingerprint density at radius 3 is 1.88 bits per heavy atom. The van der Waals surface area contributed by atoms with Crippen LogP contribution in [0.3, 0.4) is 0 Å². The third-order valence-electron chi connectivity index (χ3n) is 1.86. The van der Waals surface area contributed by atoms with Gasteiger partial charge in [-0.25, -0.2) is 4.79 Å². The maximum atomic E-state index is 10.1. The normalized spacial score (nSPS) is 10.9. The summed E-state index contributed by atoms with van der Waals surface area (Å²) in [4.78, 5) is 10.1. The summed E-state index contributed by atoms with van der Waals surface area (Å²) in [6, 6.07) is 8.48. The van der Waals surface area contributed by atoms with E-state index in [-0.39, 0.29) is 0 Å². The van der Waals surface area contributed by atoms with Crippen LogP contribution < -0.4 is 0 Å². The molecular weight excluding hydrogens is 327 g/mol. The van der Waals surface area contributed by atoms with Crippen molar-refractivity contribution < 1.29 is 9.90 Å². The van der Waals surface area contributed by atoms with Crippen molar-refractivity contribution in [3.63, 3.8) is 0 Å². The van der Waals surface area contributed by atoms with E-state index in [2.05, 4.69) is 38.1 Å². The van der Waals surface area contributed by atoms with E-state index in [1.165, 1.54) is 11.1 Å². The monoisotopic (exact) mass is 344 g/mol. The Kier molecular flexibility index (Phi) is 8.40. The van der Waals surface area contributed by atoms with Crippen LogP contribution in [-0.2, 0) is 4.79 Å². The Balaban J connectivity index is 0.000000302. The molecule has 3 heteroatoms. The zero-order valence-electron chi connectivity index (χ0n) is 10.3. The number of carboxylic acid groups (broad SMARTS) is 1. The summed E-state index contributed by atoms with van der Waals surface area (Å²) in [5.74, 6) is -0.881. The van der Waals surface area contributed by atoms with Crippen molar-refractivity contribution in [2.24, 2.45) is 0 Å². The van der Waals surface area contributed by atoms with Crippen molar-refractivity contribution in [3.05, 3.63) is 57.2 Å². The minimum absolute atomic E-state index is 0.325. The third kappa shape index (κ3) is 8.68.